The molecule has 2 aliphatic heterocycles. The quantitative estimate of drug-likeness (QED) is 0.517. The Morgan fingerprint density at radius 1 is 1.03 bits per heavy atom. The third-order valence-corrected chi connectivity index (χ3v) is 5.39. The van der Waals surface area contributed by atoms with Gasteiger partial charge in [0.25, 0.3) is 5.91 Å². The van der Waals surface area contributed by atoms with E-state index < -0.39 is 29.7 Å². The predicted octanol–water partition coefficient (Wildman–Crippen LogP) is 2.36. The lowest BCUT2D eigenvalue weighted by molar-refractivity contribution is -0.133. The molecule has 2 aromatic carbocycles. The fourth-order valence-electron chi connectivity index (χ4n) is 3.55. The number of esters is 1. The highest BCUT2D eigenvalue weighted by molar-refractivity contribution is 9.10. The Morgan fingerprint density at radius 2 is 1.72 bits per heavy atom. The Hall–Kier alpha value is -3.20. The van der Waals surface area contributed by atoms with Crippen LogP contribution in [0, 0.1) is 5.92 Å². The number of hydrazone groups is 1. The molecule has 4 rings (SSSR count). The molecule has 8 nitrogen and oxygen atoms in total. The molecule has 0 spiro atoms. The zero-order valence-corrected chi connectivity index (χ0v) is 17.1. The summed E-state index contributed by atoms with van der Waals surface area (Å²) in [5.41, 5.74) is 0.792. The lowest BCUT2D eigenvalue weighted by atomic mass is 9.98. The van der Waals surface area contributed by atoms with Crippen LogP contribution in [0.2, 0.25) is 0 Å². The van der Waals surface area contributed by atoms with Gasteiger partial charge >= 0.3 is 5.97 Å². The van der Waals surface area contributed by atoms with Crippen molar-refractivity contribution < 1.29 is 23.9 Å². The number of anilines is 2. The van der Waals surface area contributed by atoms with Gasteiger partial charge in [0.1, 0.15) is 17.7 Å². The Labute approximate surface area is 174 Å². The first-order valence-electron chi connectivity index (χ1n) is 8.70. The van der Waals surface area contributed by atoms with E-state index in [9.17, 15) is 14.4 Å². The number of imide groups is 1. The molecule has 0 N–H and O–H groups in total. The van der Waals surface area contributed by atoms with Crippen LogP contribution in [0.5, 0.6) is 5.75 Å². The van der Waals surface area contributed by atoms with Crippen molar-refractivity contribution in [1.82, 2.24) is 0 Å². The van der Waals surface area contributed by atoms with Gasteiger partial charge in [-0.25, -0.2) is 9.69 Å². The fourth-order valence-corrected chi connectivity index (χ4v) is 3.81. The molecular weight excluding hydrogens is 442 g/mol. The lowest BCUT2D eigenvalue weighted by Gasteiger charge is -2.22. The second-order valence-electron chi connectivity index (χ2n) is 6.40. The third-order valence-electron chi connectivity index (χ3n) is 4.86. The number of halogens is 1. The number of hydrogen-bond donors (Lipinski definition) is 0. The van der Waals surface area contributed by atoms with Crippen molar-refractivity contribution in [3.63, 3.8) is 0 Å². The summed E-state index contributed by atoms with van der Waals surface area (Å²) >= 11 is 3.36. The second-order valence-corrected chi connectivity index (χ2v) is 7.32. The van der Waals surface area contributed by atoms with Gasteiger partial charge in [-0.2, -0.15) is 5.10 Å². The second kappa shape index (κ2) is 7.32. The molecule has 2 amide bonds. The summed E-state index contributed by atoms with van der Waals surface area (Å²) < 4.78 is 11.0. The van der Waals surface area contributed by atoms with Gasteiger partial charge in [-0.3, -0.25) is 14.6 Å². The molecule has 2 atom stereocenters. The van der Waals surface area contributed by atoms with Crippen LogP contribution in [-0.4, -0.2) is 43.8 Å². The molecule has 9 heteroatoms. The Bertz CT molecular complexity index is 1040. The molecule has 1 saturated heterocycles. The van der Waals surface area contributed by atoms with Crippen LogP contribution in [0.3, 0.4) is 0 Å². The average Bonchev–Trinajstić information content (AvgIpc) is 3.25. The number of carbonyl (C=O) groups is 3. The van der Waals surface area contributed by atoms with Gasteiger partial charge in [-0.05, 0) is 36.4 Å². The van der Waals surface area contributed by atoms with E-state index >= 15 is 0 Å². The summed E-state index contributed by atoms with van der Waals surface area (Å²) in [4.78, 5) is 40.0. The molecule has 2 aromatic rings. The standard InChI is InChI=1S/C20H16BrN3O5/c1-28-14-6-4-3-5-13(14)23-18(25)15-16(20(27)29-2)22-24(17(15)19(23)26)12-9-7-11(21)8-10-12/h3-10,15,17H,1-2H3/t15-,17+/m0/s1. The smallest absolute Gasteiger partial charge is 0.355 e. The van der Waals surface area contributed by atoms with Crippen molar-refractivity contribution in [2.75, 3.05) is 24.1 Å². The number of fused-ring (bicyclic) bond motifs is 1. The van der Waals surface area contributed by atoms with Crippen LogP contribution in [0.25, 0.3) is 0 Å². The minimum atomic E-state index is -1.07. The summed E-state index contributed by atoms with van der Waals surface area (Å²) in [5.74, 6) is -2.48. The maximum absolute atomic E-state index is 13.3. The van der Waals surface area contributed by atoms with Gasteiger partial charge in [-0.15, -0.1) is 0 Å². The summed E-state index contributed by atoms with van der Waals surface area (Å²) in [6.45, 7) is 0. The van der Waals surface area contributed by atoms with E-state index in [1.165, 1.54) is 19.2 Å². The minimum absolute atomic E-state index is 0.101. The van der Waals surface area contributed by atoms with E-state index in [2.05, 4.69) is 21.0 Å². The van der Waals surface area contributed by atoms with Crippen molar-refractivity contribution in [2.24, 2.45) is 11.0 Å². The van der Waals surface area contributed by atoms with E-state index in [0.29, 0.717) is 17.1 Å². The first-order valence-corrected chi connectivity index (χ1v) is 9.49. The normalized spacial score (nSPS) is 20.6. The van der Waals surface area contributed by atoms with Crippen LogP contribution in [-0.2, 0) is 19.1 Å². The molecule has 29 heavy (non-hydrogen) atoms. The van der Waals surface area contributed by atoms with Gasteiger partial charge in [0.05, 0.1) is 25.6 Å². The number of ether oxygens (including phenoxy) is 2. The number of benzene rings is 2. The van der Waals surface area contributed by atoms with Crippen LogP contribution < -0.4 is 14.6 Å². The number of nitrogens with zero attached hydrogens (tertiary/aromatic N) is 3. The zero-order chi connectivity index (χ0) is 20.7. The molecule has 0 aromatic heterocycles. The van der Waals surface area contributed by atoms with Gasteiger partial charge < -0.3 is 9.47 Å². The molecular formula is C20H16BrN3O5. The first-order chi connectivity index (χ1) is 14.0. The SMILES string of the molecule is COC(=O)C1=NN(c2ccc(Br)cc2)[C@H]2C(=O)N(c3ccccc3OC)C(=O)[C@@H]12. The van der Waals surface area contributed by atoms with Crippen LogP contribution >= 0.6 is 15.9 Å². The molecule has 0 unspecified atom stereocenters. The predicted molar refractivity (Wildman–Crippen MR) is 109 cm³/mol. The maximum Gasteiger partial charge on any atom is 0.355 e. The molecule has 1 fully saturated rings. The molecule has 0 bridgehead atoms. The van der Waals surface area contributed by atoms with E-state index in [1.54, 1.807) is 48.5 Å². The number of rotatable bonds is 4. The molecule has 2 aliphatic rings. The Balaban J connectivity index is 1.82. The van der Waals surface area contributed by atoms with Gasteiger partial charge in [0.15, 0.2) is 5.71 Å². The number of para-hydroxylation sites is 2. The van der Waals surface area contributed by atoms with E-state index in [0.717, 1.165) is 9.37 Å². The molecule has 148 valence electrons. The van der Waals surface area contributed by atoms with E-state index in [4.69, 9.17) is 9.47 Å². The van der Waals surface area contributed by atoms with Crippen molar-refractivity contribution in [3.05, 3.63) is 53.0 Å². The van der Waals surface area contributed by atoms with Crippen molar-refractivity contribution in [3.8, 4) is 5.75 Å². The number of carbonyl (C=O) groups excluding carboxylic acids is 3. The molecule has 0 aliphatic carbocycles. The zero-order valence-electron chi connectivity index (χ0n) is 15.5. The number of hydrogen-bond acceptors (Lipinski definition) is 7. The highest BCUT2D eigenvalue weighted by Crippen LogP contribution is 2.40. The van der Waals surface area contributed by atoms with Gasteiger partial charge in [0.2, 0.25) is 5.91 Å². The largest absolute Gasteiger partial charge is 0.495 e. The Kier molecular flexibility index (Phi) is 4.83. The van der Waals surface area contributed by atoms with Gasteiger partial charge in [0, 0.05) is 4.47 Å². The number of methoxy groups -OCH3 is 2. The summed E-state index contributed by atoms with van der Waals surface area (Å²) in [6.07, 6.45) is 0. The topological polar surface area (TPSA) is 88.5 Å². The summed E-state index contributed by atoms with van der Waals surface area (Å²) in [6, 6.07) is 12.8. The van der Waals surface area contributed by atoms with Gasteiger partial charge in [-0.1, -0.05) is 28.1 Å². The monoisotopic (exact) mass is 457 g/mol. The average molecular weight is 458 g/mol. The summed E-state index contributed by atoms with van der Waals surface area (Å²) in [7, 11) is 2.67. The van der Waals surface area contributed by atoms with Crippen molar-refractivity contribution in [1.29, 1.82) is 0 Å². The van der Waals surface area contributed by atoms with Crippen LogP contribution in [0.1, 0.15) is 0 Å². The first kappa shape index (κ1) is 19.1. The highest BCUT2D eigenvalue weighted by Gasteiger charge is 2.59. The molecule has 2 heterocycles. The number of amides is 2. The van der Waals surface area contributed by atoms with E-state index in [-0.39, 0.29) is 5.71 Å². The lowest BCUT2D eigenvalue weighted by Crippen LogP contribution is -2.39. The maximum atomic E-state index is 13.3. The van der Waals surface area contributed by atoms with E-state index in [1.807, 2.05) is 0 Å². The van der Waals surface area contributed by atoms with Crippen LogP contribution in [0.4, 0.5) is 11.4 Å². The molecule has 0 saturated carbocycles. The fraction of sp³-hybridized carbons (Fsp3) is 0.200. The summed E-state index contributed by atoms with van der Waals surface area (Å²) in [5, 5.41) is 5.68. The van der Waals surface area contributed by atoms with Crippen molar-refractivity contribution in [2.45, 2.75) is 6.04 Å². The van der Waals surface area contributed by atoms with Crippen LogP contribution in [0.15, 0.2) is 58.1 Å². The molecule has 0 radical (unpaired) electrons. The third kappa shape index (κ3) is 2.98. The highest BCUT2D eigenvalue weighted by atomic mass is 79.9. The Morgan fingerprint density at radius 3 is 2.38 bits per heavy atom. The minimum Gasteiger partial charge on any atom is -0.495 e. The van der Waals surface area contributed by atoms with Crippen molar-refractivity contribution >= 4 is 50.8 Å².